The highest BCUT2D eigenvalue weighted by atomic mass is 32.2. The Morgan fingerprint density at radius 2 is 1.60 bits per heavy atom. The Bertz CT molecular complexity index is 567. The zero-order valence-electron chi connectivity index (χ0n) is 11.9. The minimum atomic E-state index is -4.40. The van der Waals surface area contributed by atoms with Crippen molar-refractivity contribution in [1.82, 2.24) is 4.72 Å². The Morgan fingerprint density at radius 1 is 1.15 bits per heavy atom. The van der Waals surface area contributed by atoms with Gasteiger partial charge in [0.1, 0.15) is 0 Å². The zero-order chi connectivity index (χ0) is 15.5. The number of benzene rings is 1. The van der Waals surface area contributed by atoms with Gasteiger partial charge in [-0.15, -0.1) is 0 Å². The minimum absolute atomic E-state index is 0.0451. The molecule has 1 aromatic rings. The Hall–Kier alpha value is -1.76. The van der Waals surface area contributed by atoms with Gasteiger partial charge in [0.15, 0.2) is 5.75 Å². The fourth-order valence-electron chi connectivity index (χ4n) is 1.82. The maximum absolute atomic E-state index is 11.6. The van der Waals surface area contributed by atoms with Crippen molar-refractivity contribution in [3.63, 3.8) is 0 Å². The van der Waals surface area contributed by atoms with Crippen molar-refractivity contribution in [3.05, 3.63) is 29.3 Å². The molecule has 0 unspecified atom stereocenters. The molecule has 0 aliphatic heterocycles. The molecular weight excluding hydrogens is 282 g/mol. The third kappa shape index (κ3) is 4.12. The van der Waals surface area contributed by atoms with E-state index >= 15 is 0 Å². The van der Waals surface area contributed by atoms with Crippen molar-refractivity contribution in [1.29, 1.82) is 0 Å². The van der Waals surface area contributed by atoms with Crippen molar-refractivity contribution in [2.24, 2.45) is 0 Å². The number of carboxylic acid groups (broad SMARTS) is 1. The highest BCUT2D eigenvalue weighted by Crippen LogP contribution is 2.35. The Kier molecular flexibility index (Phi) is 4.99. The number of carbonyl (C=O) groups is 1. The van der Waals surface area contributed by atoms with Crippen LogP contribution in [0.4, 0.5) is 4.79 Å². The predicted molar refractivity (Wildman–Crippen MR) is 75.3 cm³/mol. The van der Waals surface area contributed by atoms with E-state index < -0.39 is 16.4 Å². The van der Waals surface area contributed by atoms with Crippen LogP contribution in [0, 0.1) is 0 Å². The lowest BCUT2D eigenvalue weighted by Gasteiger charge is -2.18. The maximum atomic E-state index is 11.6. The van der Waals surface area contributed by atoms with E-state index in [9.17, 15) is 13.2 Å². The van der Waals surface area contributed by atoms with Crippen molar-refractivity contribution < 1.29 is 22.5 Å². The molecule has 7 heteroatoms. The third-order valence-electron chi connectivity index (χ3n) is 2.73. The lowest BCUT2D eigenvalue weighted by atomic mass is 9.94. The van der Waals surface area contributed by atoms with E-state index in [0.717, 1.165) is 0 Å². The summed E-state index contributed by atoms with van der Waals surface area (Å²) in [5.41, 5.74) is 1.43. The third-order valence-corrected chi connectivity index (χ3v) is 3.54. The van der Waals surface area contributed by atoms with Crippen LogP contribution in [-0.2, 0) is 10.3 Å². The Balaban J connectivity index is 3.31. The van der Waals surface area contributed by atoms with Crippen LogP contribution in [0.3, 0.4) is 0 Å². The average Bonchev–Trinajstić information content (AvgIpc) is 2.25. The highest BCUT2D eigenvalue weighted by molar-refractivity contribution is 7.85. The van der Waals surface area contributed by atoms with Crippen molar-refractivity contribution in [2.75, 3.05) is 0 Å². The van der Waals surface area contributed by atoms with Crippen molar-refractivity contribution in [2.45, 2.75) is 39.5 Å². The Morgan fingerprint density at radius 3 is 1.95 bits per heavy atom. The molecule has 0 aliphatic rings. The van der Waals surface area contributed by atoms with E-state index in [1.807, 2.05) is 33.8 Å². The van der Waals surface area contributed by atoms with Crippen LogP contribution in [0.1, 0.15) is 50.7 Å². The van der Waals surface area contributed by atoms with Gasteiger partial charge in [0, 0.05) is 0 Å². The number of hydrogen-bond donors (Lipinski definition) is 2. The normalized spacial score (nSPS) is 11.7. The second-order valence-electron chi connectivity index (χ2n) is 5.02. The number of hydrogen-bond acceptors (Lipinski definition) is 4. The van der Waals surface area contributed by atoms with Gasteiger partial charge in [0.25, 0.3) is 0 Å². The molecule has 0 aromatic heterocycles. The summed E-state index contributed by atoms with van der Waals surface area (Å²) in [5.74, 6) is 0.290. The van der Waals surface area contributed by atoms with Crippen molar-refractivity contribution >= 4 is 16.4 Å². The topological polar surface area (TPSA) is 92.7 Å². The largest absolute Gasteiger partial charge is 0.464 e. The first-order valence-corrected chi connectivity index (χ1v) is 7.62. The molecule has 0 heterocycles. The van der Waals surface area contributed by atoms with E-state index in [-0.39, 0.29) is 17.6 Å². The maximum Gasteiger partial charge on any atom is 0.421 e. The van der Waals surface area contributed by atoms with Crippen LogP contribution in [0.2, 0.25) is 0 Å². The summed E-state index contributed by atoms with van der Waals surface area (Å²) in [5, 5.41) is 8.51. The molecule has 0 bridgehead atoms. The van der Waals surface area contributed by atoms with Crippen LogP contribution in [0.5, 0.6) is 5.75 Å². The first-order chi connectivity index (χ1) is 9.14. The van der Waals surface area contributed by atoms with Crippen LogP contribution in [0.15, 0.2) is 18.2 Å². The fraction of sp³-hybridized carbons (Fsp3) is 0.462. The van der Waals surface area contributed by atoms with Gasteiger partial charge in [-0.25, -0.2) is 4.79 Å². The summed E-state index contributed by atoms with van der Waals surface area (Å²) in [7, 11) is -4.40. The van der Waals surface area contributed by atoms with Gasteiger partial charge in [-0.3, -0.25) is 0 Å². The summed E-state index contributed by atoms with van der Waals surface area (Å²) in [6.45, 7) is 7.63. The summed E-state index contributed by atoms with van der Waals surface area (Å²) < 4.78 is 29.6. The fourth-order valence-corrected chi connectivity index (χ4v) is 2.48. The molecule has 0 radical (unpaired) electrons. The standard InChI is InChI=1S/C13H19NO5S/c1-8(2)10-6-5-7-11(9(3)4)12(10)19-20(17,18)14-13(15)16/h5-9,14H,1-4H3,(H,15,16). The number of nitrogens with one attached hydrogen (secondary N) is 1. The minimum Gasteiger partial charge on any atom is -0.464 e. The molecule has 1 aromatic carbocycles. The molecule has 20 heavy (non-hydrogen) atoms. The number of rotatable bonds is 5. The number of amides is 1. The molecule has 0 spiro atoms. The average molecular weight is 301 g/mol. The highest BCUT2D eigenvalue weighted by Gasteiger charge is 2.22. The molecule has 0 saturated heterocycles. The lowest BCUT2D eigenvalue weighted by molar-refractivity contribution is 0.200. The van der Waals surface area contributed by atoms with Crippen LogP contribution in [0.25, 0.3) is 0 Å². The van der Waals surface area contributed by atoms with Gasteiger partial charge in [0.05, 0.1) is 0 Å². The van der Waals surface area contributed by atoms with Gasteiger partial charge in [-0.05, 0) is 23.0 Å². The van der Waals surface area contributed by atoms with E-state index in [1.165, 1.54) is 4.72 Å². The van der Waals surface area contributed by atoms with E-state index in [1.54, 1.807) is 12.1 Å². The molecular formula is C13H19NO5S. The monoisotopic (exact) mass is 301 g/mol. The second-order valence-corrected chi connectivity index (χ2v) is 6.30. The molecule has 1 rings (SSSR count). The van der Waals surface area contributed by atoms with Crippen LogP contribution < -0.4 is 8.91 Å². The van der Waals surface area contributed by atoms with Gasteiger partial charge in [-0.1, -0.05) is 45.9 Å². The number of para-hydroxylation sites is 1. The van der Waals surface area contributed by atoms with Crippen molar-refractivity contribution in [3.8, 4) is 5.75 Å². The van der Waals surface area contributed by atoms with Crippen LogP contribution >= 0.6 is 0 Å². The first kappa shape index (κ1) is 16.3. The summed E-state index contributed by atoms with van der Waals surface area (Å²) in [4.78, 5) is 10.5. The predicted octanol–water partition coefficient (Wildman–Crippen LogP) is 2.82. The molecule has 0 fully saturated rings. The van der Waals surface area contributed by atoms with Gasteiger partial charge in [-0.2, -0.15) is 13.1 Å². The zero-order valence-corrected chi connectivity index (χ0v) is 12.7. The van der Waals surface area contributed by atoms with Gasteiger partial charge < -0.3 is 9.29 Å². The Labute approximate surface area is 119 Å². The molecule has 0 aliphatic carbocycles. The molecule has 6 nitrogen and oxygen atoms in total. The molecule has 112 valence electrons. The lowest BCUT2D eigenvalue weighted by Crippen LogP contribution is -2.33. The SMILES string of the molecule is CC(C)c1cccc(C(C)C)c1OS(=O)(=O)NC(=O)O. The second kappa shape index (κ2) is 6.13. The van der Waals surface area contributed by atoms with Crippen LogP contribution in [-0.4, -0.2) is 19.6 Å². The van der Waals surface area contributed by atoms with Gasteiger partial charge >= 0.3 is 16.4 Å². The molecule has 1 amide bonds. The van der Waals surface area contributed by atoms with E-state index in [0.29, 0.717) is 11.1 Å². The molecule has 2 N–H and O–H groups in total. The first-order valence-electron chi connectivity index (χ1n) is 6.22. The molecule has 0 atom stereocenters. The van der Waals surface area contributed by atoms with E-state index in [2.05, 4.69) is 0 Å². The molecule has 0 saturated carbocycles. The summed E-state index contributed by atoms with van der Waals surface area (Å²) in [6.07, 6.45) is -1.68. The summed E-state index contributed by atoms with van der Waals surface area (Å²) >= 11 is 0. The van der Waals surface area contributed by atoms with Gasteiger partial charge in [0.2, 0.25) is 0 Å². The summed E-state index contributed by atoms with van der Waals surface area (Å²) in [6, 6.07) is 5.36. The quantitative estimate of drug-likeness (QED) is 0.872. The van der Waals surface area contributed by atoms with E-state index in [4.69, 9.17) is 9.29 Å². The smallest absolute Gasteiger partial charge is 0.421 e.